The molecule has 0 aliphatic carbocycles. The Hall–Kier alpha value is -0.0700. The van der Waals surface area contributed by atoms with E-state index < -0.39 is 5.60 Å². The van der Waals surface area contributed by atoms with Crippen LogP contribution in [0.5, 0.6) is 0 Å². The number of halogens is 2. The molecule has 2 aliphatic heterocycles. The highest BCUT2D eigenvalue weighted by atomic mass is 35.5. The van der Waals surface area contributed by atoms with Gasteiger partial charge in [0.2, 0.25) is 5.91 Å². The lowest BCUT2D eigenvalue weighted by Crippen LogP contribution is -2.55. The van der Waals surface area contributed by atoms with Crippen LogP contribution in [0, 0.1) is 5.41 Å². The van der Waals surface area contributed by atoms with Gasteiger partial charge in [0.25, 0.3) is 0 Å². The summed E-state index contributed by atoms with van der Waals surface area (Å²) >= 11 is 0. The van der Waals surface area contributed by atoms with E-state index in [1.807, 2.05) is 6.92 Å². The largest absolute Gasteiger partial charge is 0.387 e. The van der Waals surface area contributed by atoms with Crippen LogP contribution >= 0.6 is 24.8 Å². The van der Waals surface area contributed by atoms with E-state index in [9.17, 15) is 9.90 Å². The number of carbonyl (C=O) groups is 1. The maximum Gasteiger partial charge on any atom is 0.226 e. The van der Waals surface area contributed by atoms with Crippen LogP contribution in [0.1, 0.15) is 32.6 Å². The zero-order valence-electron chi connectivity index (χ0n) is 13.0. The number of piperidine rings is 2. The summed E-state index contributed by atoms with van der Waals surface area (Å²) in [7, 11) is 2.09. The van der Waals surface area contributed by atoms with Crippen LogP contribution in [-0.4, -0.2) is 61.3 Å². The average molecular weight is 342 g/mol. The summed E-state index contributed by atoms with van der Waals surface area (Å²) < 4.78 is 0. The Bertz CT molecular complexity index is 328. The first-order chi connectivity index (χ1) is 8.94. The van der Waals surface area contributed by atoms with E-state index in [0.29, 0.717) is 13.1 Å². The second-order valence-corrected chi connectivity index (χ2v) is 6.55. The van der Waals surface area contributed by atoms with Crippen molar-refractivity contribution in [3.05, 3.63) is 0 Å². The minimum atomic E-state index is -0.768. The third-order valence-corrected chi connectivity index (χ3v) is 4.67. The van der Waals surface area contributed by atoms with Crippen molar-refractivity contribution < 1.29 is 9.90 Å². The first-order valence-electron chi connectivity index (χ1n) is 7.34. The molecule has 0 aromatic rings. The van der Waals surface area contributed by atoms with Gasteiger partial charge in [-0.2, -0.15) is 0 Å². The summed E-state index contributed by atoms with van der Waals surface area (Å²) in [5.74, 6) is 0.0969. The molecule has 7 heteroatoms. The third kappa shape index (κ3) is 5.57. The van der Waals surface area contributed by atoms with Crippen molar-refractivity contribution in [1.82, 2.24) is 15.5 Å². The zero-order valence-corrected chi connectivity index (χ0v) is 14.6. The summed E-state index contributed by atoms with van der Waals surface area (Å²) in [5.41, 5.74) is -1.04. The van der Waals surface area contributed by atoms with Gasteiger partial charge in [0.1, 0.15) is 0 Å². The maximum atomic E-state index is 12.4. The Morgan fingerprint density at radius 3 is 2.43 bits per heavy atom. The van der Waals surface area contributed by atoms with Gasteiger partial charge < -0.3 is 20.6 Å². The van der Waals surface area contributed by atoms with Crippen LogP contribution in [0.4, 0.5) is 0 Å². The van der Waals surface area contributed by atoms with Gasteiger partial charge in [-0.25, -0.2) is 0 Å². The Morgan fingerprint density at radius 2 is 1.90 bits per heavy atom. The number of nitrogens with one attached hydrogen (secondary N) is 2. The molecule has 0 aromatic heterocycles. The quantitative estimate of drug-likeness (QED) is 0.710. The van der Waals surface area contributed by atoms with E-state index in [1.54, 1.807) is 0 Å². The van der Waals surface area contributed by atoms with E-state index in [1.165, 1.54) is 0 Å². The van der Waals surface area contributed by atoms with Crippen LogP contribution < -0.4 is 10.6 Å². The molecule has 0 spiro atoms. The molecule has 1 unspecified atom stereocenters. The average Bonchev–Trinajstić information content (AvgIpc) is 2.40. The fourth-order valence-corrected chi connectivity index (χ4v) is 2.90. The Labute approximate surface area is 140 Å². The topological polar surface area (TPSA) is 64.6 Å². The van der Waals surface area contributed by atoms with Gasteiger partial charge in [0.15, 0.2) is 0 Å². The van der Waals surface area contributed by atoms with E-state index >= 15 is 0 Å². The molecule has 1 amide bonds. The summed E-state index contributed by atoms with van der Waals surface area (Å²) in [6, 6.07) is 0. The lowest BCUT2D eigenvalue weighted by atomic mass is 9.79. The van der Waals surface area contributed by atoms with Gasteiger partial charge in [-0.1, -0.05) is 6.92 Å². The molecule has 2 heterocycles. The number of amides is 1. The lowest BCUT2D eigenvalue weighted by Gasteiger charge is -2.38. The summed E-state index contributed by atoms with van der Waals surface area (Å²) in [6.07, 6.45) is 3.52. The minimum absolute atomic E-state index is 0. The molecule has 0 aromatic carbocycles. The van der Waals surface area contributed by atoms with Crippen molar-refractivity contribution in [1.29, 1.82) is 0 Å². The highest BCUT2D eigenvalue weighted by molar-refractivity contribution is 5.85. The van der Waals surface area contributed by atoms with E-state index in [-0.39, 0.29) is 36.1 Å². The van der Waals surface area contributed by atoms with Gasteiger partial charge in [0.05, 0.1) is 5.60 Å². The molecular formula is C14H29Cl2N3O2. The first kappa shape index (κ1) is 20.9. The van der Waals surface area contributed by atoms with Gasteiger partial charge in [-0.05, 0) is 52.4 Å². The number of β-amino-alcohol motifs (C(OH)–C–C–N with tert-alkyl or cyclic N) is 1. The molecular weight excluding hydrogens is 313 g/mol. The van der Waals surface area contributed by atoms with Gasteiger partial charge in [-0.3, -0.25) is 4.79 Å². The highest BCUT2D eigenvalue weighted by Crippen LogP contribution is 2.30. The number of nitrogens with zero attached hydrogens (tertiary/aromatic N) is 1. The van der Waals surface area contributed by atoms with Crippen LogP contribution in [0.25, 0.3) is 0 Å². The third-order valence-electron chi connectivity index (χ3n) is 4.67. The normalized spacial score (nSPS) is 28.9. The van der Waals surface area contributed by atoms with Crippen molar-refractivity contribution in [3.63, 3.8) is 0 Å². The van der Waals surface area contributed by atoms with Crippen LogP contribution in [-0.2, 0) is 4.79 Å². The number of likely N-dealkylation sites (tertiary alicyclic amines) is 1. The van der Waals surface area contributed by atoms with Gasteiger partial charge in [-0.15, -0.1) is 24.8 Å². The van der Waals surface area contributed by atoms with Crippen LogP contribution in [0.3, 0.4) is 0 Å². The molecule has 1 atom stereocenters. The Balaban J connectivity index is 0.00000200. The number of carbonyl (C=O) groups excluding carboxylic acids is 1. The van der Waals surface area contributed by atoms with Crippen molar-refractivity contribution in [3.8, 4) is 0 Å². The minimum Gasteiger partial charge on any atom is -0.387 e. The van der Waals surface area contributed by atoms with E-state index in [0.717, 1.165) is 45.3 Å². The molecule has 126 valence electrons. The number of aliphatic hydroxyl groups is 1. The highest BCUT2D eigenvalue weighted by Gasteiger charge is 2.37. The molecule has 21 heavy (non-hydrogen) atoms. The molecule has 2 rings (SSSR count). The summed E-state index contributed by atoms with van der Waals surface area (Å²) in [4.78, 5) is 14.6. The first-order valence-corrected chi connectivity index (χ1v) is 7.34. The lowest BCUT2D eigenvalue weighted by molar-refractivity contribution is -0.134. The molecule has 0 saturated carbocycles. The number of hydrogen-bond donors (Lipinski definition) is 3. The molecule has 2 fully saturated rings. The summed E-state index contributed by atoms with van der Waals surface area (Å²) in [5, 5.41) is 16.5. The fourth-order valence-electron chi connectivity index (χ4n) is 2.90. The zero-order chi connectivity index (χ0) is 13.9. The SMILES string of the molecule is CN1CCC(C)(C(=O)NCC2(O)CCCNC2)CC1.Cl.Cl. The second kappa shape index (κ2) is 8.53. The fraction of sp³-hybridized carbons (Fsp3) is 0.929. The predicted octanol–water partition coefficient (Wildman–Crippen LogP) is 0.793. The van der Waals surface area contributed by atoms with Crippen LogP contribution in [0.15, 0.2) is 0 Å². The molecule has 5 nitrogen and oxygen atoms in total. The number of rotatable bonds is 3. The van der Waals surface area contributed by atoms with Crippen molar-refractivity contribution >= 4 is 30.7 Å². The molecule has 0 radical (unpaired) electrons. The summed E-state index contributed by atoms with van der Waals surface area (Å²) in [6.45, 7) is 5.88. The van der Waals surface area contributed by atoms with Crippen LogP contribution in [0.2, 0.25) is 0 Å². The van der Waals surface area contributed by atoms with Crippen molar-refractivity contribution in [2.24, 2.45) is 5.41 Å². The standard InChI is InChI=1S/C14H27N3O2.2ClH/c1-13(5-8-17(2)9-6-13)12(18)16-11-14(19)4-3-7-15-10-14;;/h15,19H,3-11H2,1-2H3,(H,16,18);2*1H. The van der Waals surface area contributed by atoms with Gasteiger partial charge in [0, 0.05) is 18.5 Å². The van der Waals surface area contributed by atoms with Gasteiger partial charge >= 0.3 is 0 Å². The monoisotopic (exact) mass is 341 g/mol. The Kier molecular flexibility index (Phi) is 8.50. The van der Waals surface area contributed by atoms with Crippen molar-refractivity contribution in [2.75, 3.05) is 39.8 Å². The smallest absolute Gasteiger partial charge is 0.226 e. The van der Waals surface area contributed by atoms with E-state index in [2.05, 4.69) is 22.6 Å². The predicted molar refractivity (Wildman–Crippen MR) is 89.4 cm³/mol. The second-order valence-electron chi connectivity index (χ2n) is 6.55. The maximum absolute atomic E-state index is 12.4. The number of hydrogen-bond acceptors (Lipinski definition) is 4. The van der Waals surface area contributed by atoms with E-state index in [4.69, 9.17) is 0 Å². The molecule has 3 N–H and O–H groups in total. The van der Waals surface area contributed by atoms with Crippen molar-refractivity contribution in [2.45, 2.75) is 38.2 Å². The molecule has 0 bridgehead atoms. The molecule has 2 aliphatic rings. The Morgan fingerprint density at radius 1 is 1.29 bits per heavy atom. The molecule has 2 saturated heterocycles.